The van der Waals surface area contributed by atoms with Gasteiger partial charge in [-0.3, -0.25) is 9.51 Å². The minimum Gasteiger partial charge on any atom is -0.296 e. The van der Waals surface area contributed by atoms with Crippen molar-refractivity contribution in [3.8, 4) is 11.5 Å². The number of hydrogen-bond acceptors (Lipinski definition) is 5. The van der Waals surface area contributed by atoms with Gasteiger partial charge in [-0.15, -0.1) is 11.3 Å². The molecule has 2 aromatic heterocycles. The number of nitrogens with one attached hydrogen (secondary N) is 1. The molecule has 0 aliphatic heterocycles. The zero-order valence-corrected chi connectivity index (χ0v) is 7.72. The van der Waals surface area contributed by atoms with Crippen LogP contribution in [0.5, 0.6) is 0 Å². The summed E-state index contributed by atoms with van der Waals surface area (Å²) in [6, 6.07) is 0. The summed E-state index contributed by atoms with van der Waals surface area (Å²) in [5, 5.41) is 6.39. The number of hydrogen-bond donors (Lipinski definition) is 1. The average molecular weight is 197 g/mol. The van der Waals surface area contributed by atoms with Crippen molar-refractivity contribution in [2.24, 2.45) is 0 Å². The fourth-order valence-corrected chi connectivity index (χ4v) is 1.65. The third kappa shape index (κ3) is 1.52. The Labute approximate surface area is 77.4 Å². The van der Waals surface area contributed by atoms with Gasteiger partial charge in [-0.1, -0.05) is 12.1 Å². The lowest BCUT2D eigenvalue weighted by Gasteiger charge is -1.84. The zero-order valence-electron chi connectivity index (χ0n) is 6.90. The number of nitrogens with zero attached hydrogens (tertiary/aromatic N) is 2. The lowest BCUT2D eigenvalue weighted by molar-refractivity contribution is 0.388. The first kappa shape index (κ1) is 8.18. The van der Waals surface area contributed by atoms with Crippen LogP contribution in [-0.2, 0) is 6.42 Å². The summed E-state index contributed by atoms with van der Waals surface area (Å²) in [5.74, 6) is -0.165. The molecule has 0 aliphatic carbocycles. The van der Waals surface area contributed by atoms with Gasteiger partial charge in [0.25, 0.3) is 0 Å². The third-order valence-electron chi connectivity index (χ3n) is 1.54. The molecule has 0 bridgehead atoms. The van der Waals surface area contributed by atoms with Gasteiger partial charge >= 0.3 is 5.76 Å². The number of thiazole rings is 1. The third-order valence-corrected chi connectivity index (χ3v) is 2.53. The maximum absolute atomic E-state index is 10.6. The standard InChI is InChI=1S/C7H7N3O2S/c1-2-5-8-4(3-13-5)6-9-7(11)12-10-6/h3H,2H2,1H3,(H,9,10,11). The summed E-state index contributed by atoms with van der Waals surface area (Å²) < 4.78 is 4.37. The maximum Gasteiger partial charge on any atom is 0.439 e. The minimum atomic E-state index is -0.555. The molecule has 0 aliphatic rings. The van der Waals surface area contributed by atoms with E-state index in [2.05, 4.69) is 19.6 Å². The van der Waals surface area contributed by atoms with Crippen LogP contribution in [0.25, 0.3) is 11.5 Å². The maximum atomic E-state index is 10.6. The van der Waals surface area contributed by atoms with E-state index in [-0.39, 0.29) is 0 Å². The number of aromatic amines is 1. The highest BCUT2D eigenvalue weighted by Gasteiger charge is 2.07. The predicted octanol–water partition coefficient (Wildman–Crippen LogP) is 1.05. The molecular formula is C7H7N3O2S. The van der Waals surface area contributed by atoms with Gasteiger partial charge < -0.3 is 0 Å². The normalized spacial score (nSPS) is 10.5. The van der Waals surface area contributed by atoms with Crippen LogP contribution < -0.4 is 5.76 Å². The monoisotopic (exact) mass is 197 g/mol. The van der Waals surface area contributed by atoms with E-state index in [4.69, 9.17) is 0 Å². The summed E-state index contributed by atoms with van der Waals surface area (Å²) >= 11 is 1.54. The second kappa shape index (κ2) is 3.14. The smallest absolute Gasteiger partial charge is 0.296 e. The van der Waals surface area contributed by atoms with E-state index < -0.39 is 5.76 Å². The van der Waals surface area contributed by atoms with Gasteiger partial charge in [0.05, 0.1) is 5.01 Å². The van der Waals surface area contributed by atoms with Gasteiger partial charge in [0.1, 0.15) is 5.69 Å². The highest BCUT2D eigenvalue weighted by Crippen LogP contribution is 2.17. The SMILES string of the molecule is CCc1nc(-c2noc(=O)[nH]2)cs1. The Bertz CT molecular complexity index is 456. The molecule has 0 radical (unpaired) electrons. The predicted molar refractivity (Wildman–Crippen MR) is 47.6 cm³/mol. The molecule has 0 aromatic carbocycles. The van der Waals surface area contributed by atoms with E-state index in [1.807, 2.05) is 12.3 Å². The average Bonchev–Trinajstić information content (AvgIpc) is 2.71. The molecule has 0 saturated heterocycles. The summed E-state index contributed by atoms with van der Waals surface area (Å²) in [4.78, 5) is 17.3. The van der Waals surface area contributed by atoms with Crippen molar-refractivity contribution in [3.05, 3.63) is 20.9 Å². The zero-order chi connectivity index (χ0) is 9.26. The lowest BCUT2D eigenvalue weighted by atomic mass is 10.4. The van der Waals surface area contributed by atoms with Gasteiger partial charge in [0.15, 0.2) is 0 Å². The Hall–Kier alpha value is -1.43. The molecular weight excluding hydrogens is 190 g/mol. The molecule has 13 heavy (non-hydrogen) atoms. The molecule has 2 aromatic rings. The molecule has 0 unspecified atom stereocenters. The van der Waals surface area contributed by atoms with Crippen LogP contribution in [0.3, 0.4) is 0 Å². The van der Waals surface area contributed by atoms with E-state index >= 15 is 0 Å². The highest BCUT2D eigenvalue weighted by molar-refractivity contribution is 7.09. The quantitative estimate of drug-likeness (QED) is 0.781. The van der Waals surface area contributed by atoms with Gasteiger partial charge in [0.2, 0.25) is 5.82 Å². The summed E-state index contributed by atoms with van der Waals surface area (Å²) in [5.41, 5.74) is 0.660. The van der Waals surface area contributed by atoms with Crippen molar-refractivity contribution >= 4 is 11.3 Å². The highest BCUT2D eigenvalue weighted by atomic mass is 32.1. The van der Waals surface area contributed by atoms with Crippen LogP contribution in [0.4, 0.5) is 0 Å². The minimum absolute atomic E-state index is 0.390. The van der Waals surface area contributed by atoms with E-state index in [0.29, 0.717) is 11.5 Å². The molecule has 6 heteroatoms. The largest absolute Gasteiger partial charge is 0.439 e. The Balaban J connectivity index is 2.40. The first-order valence-electron chi connectivity index (χ1n) is 3.80. The summed E-state index contributed by atoms with van der Waals surface area (Å²) in [7, 11) is 0. The van der Waals surface area contributed by atoms with E-state index in [1.54, 1.807) is 0 Å². The Morgan fingerprint density at radius 1 is 1.69 bits per heavy atom. The van der Waals surface area contributed by atoms with Crippen molar-refractivity contribution < 1.29 is 4.52 Å². The molecule has 68 valence electrons. The molecule has 2 rings (SSSR count). The lowest BCUT2D eigenvalue weighted by Crippen LogP contribution is -1.94. The topological polar surface area (TPSA) is 71.8 Å². The van der Waals surface area contributed by atoms with Gasteiger partial charge in [-0.2, -0.15) is 0 Å². The van der Waals surface area contributed by atoms with Crippen molar-refractivity contribution in [2.75, 3.05) is 0 Å². The van der Waals surface area contributed by atoms with Crippen LogP contribution in [0.2, 0.25) is 0 Å². The Kier molecular flexibility index (Phi) is 1.97. The molecule has 0 amide bonds. The van der Waals surface area contributed by atoms with Crippen molar-refractivity contribution in [2.45, 2.75) is 13.3 Å². The number of H-pyrrole nitrogens is 1. The fraction of sp³-hybridized carbons (Fsp3) is 0.286. The summed E-state index contributed by atoms with van der Waals surface area (Å²) in [6.07, 6.45) is 0.882. The molecule has 0 spiro atoms. The summed E-state index contributed by atoms with van der Waals surface area (Å²) in [6.45, 7) is 2.02. The Morgan fingerprint density at radius 3 is 3.08 bits per heavy atom. The van der Waals surface area contributed by atoms with Gasteiger partial charge in [-0.05, 0) is 6.42 Å². The second-order valence-corrected chi connectivity index (χ2v) is 3.37. The molecule has 0 saturated carbocycles. The first-order valence-corrected chi connectivity index (χ1v) is 4.68. The number of aromatic nitrogens is 3. The number of rotatable bonds is 2. The van der Waals surface area contributed by atoms with E-state index in [0.717, 1.165) is 11.4 Å². The van der Waals surface area contributed by atoms with Crippen molar-refractivity contribution in [1.29, 1.82) is 0 Å². The fourth-order valence-electron chi connectivity index (χ4n) is 0.922. The van der Waals surface area contributed by atoms with Gasteiger partial charge in [-0.25, -0.2) is 9.78 Å². The molecule has 1 N–H and O–H groups in total. The van der Waals surface area contributed by atoms with Crippen molar-refractivity contribution in [3.63, 3.8) is 0 Å². The number of aryl methyl sites for hydroxylation is 1. The van der Waals surface area contributed by atoms with Crippen LogP contribution in [0, 0.1) is 0 Å². The molecule has 0 atom stereocenters. The first-order chi connectivity index (χ1) is 6.29. The van der Waals surface area contributed by atoms with E-state index in [1.165, 1.54) is 11.3 Å². The van der Waals surface area contributed by atoms with Crippen LogP contribution in [-0.4, -0.2) is 15.1 Å². The van der Waals surface area contributed by atoms with Crippen LogP contribution >= 0.6 is 11.3 Å². The Morgan fingerprint density at radius 2 is 2.54 bits per heavy atom. The van der Waals surface area contributed by atoms with Gasteiger partial charge in [0, 0.05) is 5.38 Å². The molecule has 0 fully saturated rings. The second-order valence-electron chi connectivity index (χ2n) is 2.42. The molecule has 2 heterocycles. The van der Waals surface area contributed by atoms with Crippen LogP contribution in [0.1, 0.15) is 11.9 Å². The molecule has 5 nitrogen and oxygen atoms in total. The van der Waals surface area contributed by atoms with Crippen molar-refractivity contribution in [1.82, 2.24) is 15.1 Å². The van der Waals surface area contributed by atoms with E-state index in [9.17, 15) is 4.79 Å². The van der Waals surface area contributed by atoms with Crippen LogP contribution in [0.15, 0.2) is 14.7 Å².